The van der Waals surface area contributed by atoms with Gasteiger partial charge in [-0.3, -0.25) is 9.52 Å². The second kappa shape index (κ2) is 5.37. The maximum Gasteiger partial charge on any atom is 0.261 e. The minimum Gasteiger partial charge on any atom is -0.327 e. The first kappa shape index (κ1) is 13.9. The highest BCUT2D eigenvalue weighted by atomic mass is 32.2. The topological polar surface area (TPSA) is 79.0 Å². The predicted molar refractivity (Wildman–Crippen MR) is 81.0 cm³/mol. The number of benzene rings is 1. The van der Waals surface area contributed by atoms with E-state index in [0.717, 1.165) is 31.2 Å². The summed E-state index contributed by atoms with van der Waals surface area (Å²) >= 11 is 0. The number of hydrogen-bond acceptors (Lipinski definition) is 3. The molecule has 0 atom stereocenters. The van der Waals surface area contributed by atoms with Crippen LogP contribution in [0, 0.1) is 0 Å². The molecule has 5 nitrogen and oxygen atoms in total. The average molecular weight is 304 g/mol. The minimum absolute atomic E-state index is 0.259. The quantitative estimate of drug-likeness (QED) is 0.911. The molecule has 0 saturated heterocycles. The number of aromatic nitrogens is 1. The number of pyridine rings is 1. The van der Waals surface area contributed by atoms with Crippen molar-refractivity contribution in [3.05, 3.63) is 58.0 Å². The monoisotopic (exact) mass is 304 g/mol. The molecule has 1 aromatic heterocycles. The van der Waals surface area contributed by atoms with Gasteiger partial charge in [-0.05, 0) is 55.0 Å². The predicted octanol–water partition coefficient (Wildman–Crippen LogP) is 2.05. The number of fused-ring (bicyclic) bond motifs is 1. The zero-order chi connectivity index (χ0) is 14.9. The second-order valence-corrected chi connectivity index (χ2v) is 6.87. The van der Waals surface area contributed by atoms with Crippen molar-refractivity contribution in [2.24, 2.45) is 0 Å². The Balaban J connectivity index is 1.91. The summed E-state index contributed by atoms with van der Waals surface area (Å²) < 4.78 is 27.2. The molecule has 1 aliphatic rings. The van der Waals surface area contributed by atoms with Crippen molar-refractivity contribution >= 4 is 15.7 Å². The number of sulfonamides is 1. The average Bonchev–Trinajstić information content (AvgIpc) is 2.49. The molecule has 1 aliphatic carbocycles. The number of anilines is 1. The summed E-state index contributed by atoms with van der Waals surface area (Å²) in [7, 11) is -3.63. The lowest BCUT2D eigenvalue weighted by molar-refractivity contribution is 0.600. The summed E-state index contributed by atoms with van der Waals surface area (Å²) in [6.45, 7) is 0. The van der Waals surface area contributed by atoms with Crippen molar-refractivity contribution in [2.75, 3.05) is 4.72 Å². The third kappa shape index (κ3) is 3.00. The Labute approximate surface area is 123 Å². The normalized spacial score (nSPS) is 14.5. The van der Waals surface area contributed by atoms with Crippen LogP contribution < -0.4 is 10.3 Å². The first-order chi connectivity index (χ1) is 10.0. The fraction of sp³-hybridized carbons (Fsp3) is 0.267. The van der Waals surface area contributed by atoms with Crippen LogP contribution in [0.2, 0.25) is 0 Å². The molecule has 0 bridgehead atoms. The molecular formula is C15H16N2O3S. The molecule has 0 amide bonds. The van der Waals surface area contributed by atoms with Crippen LogP contribution in [0.4, 0.5) is 5.69 Å². The number of rotatable bonds is 3. The van der Waals surface area contributed by atoms with Crippen LogP contribution in [-0.4, -0.2) is 13.4 Å². The van der Waals surface area contributed by atoms with Crippen LogP contribution in [0.5, 0.6) is 0 Å². The fourth-order valence-electron chi connectivity index (χ4n) is 2.57. The Hall–Kier alpha value is -2.08. The molecule has 6 heteroatoms. The standard InChI is InChI=1S/C15H16N2O3S/c18-15-8-6-13(10-16-15)17-21(19,20)14-7-5-11-3-1-2-4-12(11)9-14/h5-10,17H,1-4H2,(H,16,18). The lowest BCUT2D eigenvalue weighted by Gasteiger charge is -2.17. The molecule has 2 aromatic rings. The van der Waals surface area contributed by atoms with Gasteiger partial charge in [-0.25, -0.2) is 8.42 Å². The van der Waals surface area contributed by atoms with Crippen molar-refractivity contribution in [1.29, 1.82) is 0 Å². The fourth-order valence-corrected chi connectivity index (χ4v) is 3.66. The van der Waals surface area contributed by atoms with Gasteiger partial charge in [-0.15, -0.1) is 0 Å². The Morgan fingerprint density at radius 2 is 1.76 bits per heavy atom. The van der Waals surface area contributed by atoms with E-state index in [1.54, 1.807) is 12.1 Å². The summed E-state index contributed by atoms with van der Waals surface area (Å²) in [5.74, 6) is 0. The molecule has 21 heavy (non-hydrogen) atoms. The molecule has 0 saturated carbocycles. The van der Waals surface area contributed by atoms with E-state index < -0.39 is 10.0 Å². The molecule has 0 fully saturated rings. The van der Waals surface area contributed by atoms with Crippen molar-refractivity contribution in [3.8, 4) is 0 Å². The highest BCUT2D eigenvalue weighted by Gasteiger charge is 2.17. The smallest absolute Gasteiger partial charge is 0.261 e. The zero-order valence-corrected chi connectivity index (χ0v) is 12.2. The van der Waals surface area contributed by atoms with Gasteiger partial charge in [-0.2, -0.15) is 0 Å². The second-order valence-electron chi connectivity index (χ2n) is 5.18. The molecular weight excluding hydrogens is 288 g/mol. The summed E-state index contributed by atoms with van der Waals surface area (Å²) in [6.07, 6.45) is 5.55. The van der Waals surface area contributed by atoms with E-state index in [9.17, 15) is 13.2 Å². The van der Waals surface area contributed by atoms with Crippen molar-refractivity contribution < 1.29 is 8.42 Å². The van der Waals surface area contributed by atoms with Gasteiger partial charge in [0.15, 0.2) is 0 Å². The van der Waals surface area contributed by atoms with Gasteiger partial charge in [0.25, 0.3) is 10.0 Å². The van der Waals surface area contributed by atoms with Gasteiger partial charge >= 0.3 is 0 Å². The van der Waals surface area contributed by atoms with Crippen LogP contribution in [-0.2, 0) is 22.9 Å². The Morgan fingerprint density at radius 1 is 1.00 bits per heavy atom. The van der Waals surface area contributed by atoms with E-state index in [4.69, 9.17) is 0 Å². The minimum atomic E-state index is -3.63. The number of nitrogens with one attached hydrogen (secondary N) is 2. The van der Waals surface area contributed by atoms with Gasteiger partial charge in [0.05, 0.1) is 10.6 Å². The molecule has 110 valence electrons. The number of hydrogen-bond donors (Lipinski definition) is 2. The Kier molecular flexibility index (Phi) is 3.55. The highest BCUT2D eigenvalue weighted by Crippen LogP contribution is 2.25. The largest absolute Gasteiger partial charge is 0.327 e. The third-order valence-electron chi connectivity index (χ3n) is 3.67. The van der Waals surface area contributed by atoms with Gasteiger partial charge in [0.1, 0.15) is 0 Å². The SMILES string of the molecule is O=c1ccc(NS(=O)(=O)c2ccc3c(c2)CCCC3)c[nH]1. The summed E-state index contributed by atoms with van der Waals surface area (Å²) in [5, 5.41) is 0. The zero-order valence-electron chi connectivity index (χ0n) is 11.4. The van der Waals surface area contributed by atoms with E-state index in [-0.39, 0.29) is 10.5 Å². The van der Waals surface area contributed by atoms with Gasteiger partial charge in [-0.1, -0.05) is 6.07 Å². The third-order valence-corrected chi connectivity index (χ3v) is 5.05. The molecule has 1 heterocycles. The molecule has 1 aromatic carbocycles. The number of H-pyrrole nitrogens is 1. The van der Waals surface area contributed by atoms with Crippen LogP contribution in [0.1, 0.15) is 24.0 Å². The van der Waals surface area contributed by atoms with Crippen LogP contribution in [0.3, 0.4) is 0 Å². The van der Waals surface area contributed by atoms with Crippen LogP contribution >= 0.6 is 0 Å². The molecule has 0 aliphatic heterocycles. The summed E-state index contributed by atoms with van der Waals surface area (Å²) in [4.78, 5) is 13.7. The molecule has 2 N–H and O–H groups in total. The molecule has 0 spiro atoms. The maximum absolute atomic E-state index is 12.4. The number of aromatic amines is 1. The highest BCUT2D eigenvalue weighted by molar-refractivity contribution is 7.92. The Morgan fingerprint density at radius 3 is 2.48 bits per heavy atom. The first-order valence-corrected chi connectivity index (χ1v) is 8.36. The van der Waals surface area contributed by atoms with Gasteiger partial charge in [0, 0.05) is 12.3 Å². The first-order valence-electron chi connectivity index (χ1n) is 6.88. The lowest BCUT2D eigenvalue weighted by Crippen LogP contribution is -2.15. The van der Waals surface area contributed by atoms with E-state index in [1.807, 2.05) is 6.07 Å². The summed E-state index contributed by atoms with van der Waals surface area (Å²) in [6, 6.07) is 8.01. The van der Waals surface area contributed by atoms with Gasteiger partial charge in [0.2, 0.25) is 5.56 Å². The van der Waals surface area contributed by atoms with E-state index >= 15 is 0 Å². The summed E-state index contributed by atoms with van der Waals surface area (Å²) in [5.41, 5.74) is 2.42. The van der Waals surface area contributed by atoms with Crippen LogP contribution in [0.25, 0.3) is 0 Å². The molecule has 0 unspecified atom stereocenters. The lowest BCUT2D eigenvalue weighted by atomic mass is 9.92. The van der Waals surface area contributed by atoms with Crippen molar-refractivity contribution in [1.82, 2.24) is 4.98 Å². The van der Waals surface area contributed by atoms with E-state index in [2.05, 4.69) is 9.71 Å². The number of aryl methyl sites for hydroxylation is 2. The van der Waals surface area contributed by atoms with Crippen molar-refractivity contribution in [3.63, 3.8) is 0 Å². The van der Waals surface area contributed by atoms with Gasteiger partial charge < -0.3 is 4.98 Å². The molecule has 0 radical (unpaired) electrons. The van der Waals surface area contributed by atoms with Crippen molar-refractivity contribution in [2.45, 2.75) is 30.6 Å². The van der Waals surface area contributed by atoms with E-state index in [1.165, 1.54) is 23.9 Å². The maximum atomic E-state index is 12.4. The van der Waals surface area contributed by atoms with E-state index in [0.29, 0.717) is 5.69 Å². The Bertz CT molecular complexity index is 805. The molecule has 3 rings (SSSR count). The van der Waals surface area contributed by atoms with Crippen LogP contribution in [0.15, 0.2) is 46.2 Å².